The predicted octanol–water partition coefficient (Wildman–Crippen LogP) is 4.32. The molecule has 0 aromatic heterocycles. The molecule has 24 heavy (non-hydrogen) atoms. The fourth-order valence-corrected chi connectivity index (χ4v) is 2.45. The van der Waals surface area contributed by atoms with E-state index < -0.39 is 0 Å². The normalized spacial score (nSPS) is 10.8. The maximum absolute atomic E-state index is 11.9. The summed E-state index contributed by atoms with van der Waals surface area (Å²) in [6.45, 7) is 2.79. The van der Waals surface area contributed by atoms with Gasteiger partial charge in [0, 0.05) is 10.0 Å². The molecule has 0 saturated heterocycles. The van der Waals surface area contributed by atoms with Crippen molar-refractivity contribution in [2.45, 2.75) is 26.2 Å². The highest BCUT2D eigenvalue weighted by Gasteiger charge is 2.04. The molecule has 0 heterocycles. The van der Waals surface area contributed by atoms with E-state index in [1.807, 2.05) is 48.5 Å². The van der Waals surface area contributed by atoms with Gasteiger partial charge in [-0.05, 0) is 30.2 Å². The number of hydrazone groups is 1. The first-order valence-electron chi connectivity index (χ1n) is 7.97. The lowest BCUT2D eigenvalue weighted by atomic mass is 10.1. The molecule has 2 rings (SSSR count). The second kappa shape index (κ2) is 9.88. The molecule has 2 aromatic carbocycles. The minimum atomic E-state index is -0.152. The summed E-state index contributed by atoms with van der Waals surface area (Å²) < 4.78 is 6.69. The predicted molar refractivity (Wildman–Crippen MR) is 100 cm³/mol. The van der Waals surface area contributed by atoms with Crippen molar-refractivity contribution in [3.05, 3.63) is 64.1 Å². The Balaban J connectivity index is 1.95. The lowest BCUT2D eigenvalue weighted by Crippen LogP contribution is -2.19. The molecule has 0 aliphatic heterocycles. The van der Waals surface area contributed by atoms with Crippen molar-refractivity contribution in [2.75, 3.05) is 6.61 Å². The molecular weight excluding hydrogens is 368 g/mol. The number of benzene rings is 2. The van der Waals surface area contributed by atoms with Gasteiger partial charge in [0.2, 0.25) is 5.91 Å². The molecule has 4 nitrogen and oxygen atoms in total. The van der Waals surface area contributed by atoms with E-state index in [9.17, 15) is 4.79 Å². The average molecular weight is 389 g/mol. The third kappa shape index (κ3) is 6.16. The van der Waals surface area contributed by atoms with E-state index in [1.54, 1.807) is 6.21 Å². The van der Waals surface area contributed by atoms with Crippen molar-refractivity contribution in [3.63, 3.8) is 0 Å². The summed E-state index contributed by atoms with van der Waals surface area (Å²) in [7, 11) is 0. The van der Waals surface area contributed by atoms with Crippen LogP contribution in [0.5, 0.6) is 5.75 Å². The van der Waals surface area contributed by atoms with E-state index >= 15 is 0 Å². The van der Waals surface area contributed by atoms with Gasteiger partial charge in [-0.25, -0.2) is 5.43 Å². The first-order valence-corrected chi connectivity index (χ1v) is 8.76. The van der Waals surface area contributed by atoms with Crippen LogP contribution in [0.3, 0.4) is 0 Å². The molecule has 0 unspecified atom stereocenters. The zero-order valence-electron chi connectivity index (χ0n) is 13.7. The summed E-state index contributed by atoms with van der Waals surface area (Å²) in [6, 6.07) is 15.3. The van der Waals surface area contributed by atoms with E-state index in [0.717, 1.165) is 34.2 Å². The van der Waals surface area contributed by atoms with E-state index in [2.05, 4.69) is 33.4 Å². The van der Waals surface area contributed by atoms with Crippen LogP contribution in [0.4, 0.5) is 0 Å². The maximum Gasteiger partial charge on any atom is 0.244 e. The topological polar surface area (TPSA) is 50.7 Å². The Kier molecular flexibility index (Phi) is 7.49. The number of carbonyl (C=O) groups excluding carboxylic acids is 1. The van der Waals surface area contributed by atoms with Crippen molar-refractivity contribution >= 4 is 28.1 Å². The number of hydrogen-bond acceptors (Lipinski definition) is 3. The number of ether oxygens (including phenoxy) is 1. The Bertz CT molecular complexity index is 687. The van der Waals surface area contributed by atoms with E-state index in [4.69, 9.17) is 4.74 Å². The van der Waals surface area contributed by atoms with Gasteiger partial charge in [-0.3, -0.25) is 4.79 Å². The Morgan fingerprint density at radius 1 is 1.25 bits per heavy atom. The van der Waals surface area contributed by atoms with Crippen LogP contribution in [0.2, 0.25) is 0 Å². The zero-order chi connectivity index (χ0) is 17.2. The highest BCUT2D eigenvalue weighted by molar-refractivity contribution is 9.10. The van der Waals surface area contributed by atoms with Crippen LogP contribution < -0.4 is 10.2 Å². The first kappa shape index (κ1) is 18.2. The fraction of sp³-hybridized carbons (Fsp3) is 0.263. The number of unbranched alkanes of at least 4 members (excludes halogenated alkanes) is 1. The average Bonchev–Trinajstić information content (AvgIpc) is 2.58. The van der Waals surface area contributed by atoms with Crippen LogP contribution in [0, 0.1) is 0 Å². The van der Waals surface area contributed by atoms with Gasteiger partial charge in [0.15, 0.2) is 0 Å². The monoisotopic (exact) mass is 388 g/mol. The van der Waals surface area contributed by atoms with Crippen molar-refractivity contribution in [1.29, 1.82) is 0 Å². The molecule has 0 fully saturated rings. The molecule has 1 amide bonds. The number of carbonyl (C=O) groups is 1. The smallest absolute Gasteiger partial charge is 0.244 e. The van der Waals surface area contributed by atoms with Crippen LogP contribution in [0.25, 0.3) is 0 Å². The van der Waals surface area contributed by atoms with E-state index in [1.165, 1.54) is 0 Å². The quantitative estimate of drug-likeness (QED) is 0.415. The SMILES string of the molecule is CCCCOc1ccc(Br)cc1C=NNC(=O)Cc1ccccc1. The van der Waals surface area contributed by atoms with Gasteiger partial charge >= 0.3 is 0 Å². The largest absolute Gasteiger partial charge is 0.493 e. The second-order valence-electron chi connectivity index (χ2n) is 5.34. The molecule has 1 N–H and O–H groups in total. The van der Waals surface area contributed by atoms with Crippen molar-refractivity contribution < 1.29 is 9.53 Å². The number of nitrogens with zero attached hydrogens (tertiary/aromatic N) is 1. The number of amides is 1. The summed E-state index contributed by atoms with van der Waals surface area (Å²) in [5.74, 6) is 0.605. The van der Waals surface area contributed by atoms with Crippen LogP contribution in [-0.2, 0) is 11.2 Å². The molecule has 2 aromatic rings. The second-order valence-corrected chi connectivity index (χ2v) is 6.26. The van der Waals surface area contributed by atoms with Crippen molar-refractivity contribution in [1.82, 2.24) is 5.43 Å². The minimum absolute atomic E-state index is 0.152. The van der Waals surface area contributed by atoms with Crippen LogP contribution in [-0.4, -0.2) is 18.7 Å². The Labute approximate surface area is 151 Å². The van der Waals surface area contributed by atoms with Gasteiger partial charge in [0.25, 0.3) is 0 Å². The molecule has 5 heteroatoms. The van der Waals surface area contributed by atoms with Gasteiger partial charge in [-0.2, -0.15) is 5.10 Å². The van der Waals surface area contributed by atoms with Crippen molar-refractivity contribution in [2.24, 2.45) is 5.10 Å². The Morgan fingerprint density at radius 2 is 2.04 bits per heavy atom. The summed E-state index contributed by atoms with van der Waals surface area (Å²) in [5, 5.41) is 4.04. The molecule has 0 atom stereocenters. The standard InChI is InChI=1S/C19H21BrN2O2/c1-2-3-11-24-18-10-9-17(20)13-16(18)14-21-22-19(23)12-15-7-5-4-6-8-15/h4-10,13-14H,2-3,11-12H2,1H3,(H,22,23). The zero-order valence-corrected chi connectivity index (χ0v) is 15.3. The minimum Gasteiger partial charge on any atom is -0.493 e. The molecule has 0 radical (unpaired) electrons. The molecule has 0 aliphatic rings. The molecule has 0 bridgehead atoms. The van der Waals surface area contributed by atoms with E-state index in [0.29, 0.717) is 13.0 Å². The van der Waals surface area contributed by atoms with Crippen LogP contribution >= 0.6 is 15.9 Å². The molecular formula is C19H21BrN2O2. The first-order chi connectivity index (χ1) is 11.7. The number of nitrogens with one attached hydrogen (secondary N) is 1. The van der Waals surface area contributed by atoms with Gasteiger partial charge in [0.05, 0.1) is 19.2 Å². The number of halogens is 1. The van der Waals surface area contributed by atoms with E-state index in [-0.39, 0.29) is 5.91 Å². The molecule has 0 saturated carbocycles. The highest BCUT2D eigenvalue weighted by Crippen LogP contribution is 2.22. The maximum atomic E-state index is 11.9. The molecule has 0 aliphatic carbocycles. The summed E-state index contributed by atoms with van der Waals surface area (Å²) in [4.78, 5) is 11.9. The summed E-state index contributed by atoms with van der Waals surface area (Å²) in [5.41, 5.74) is 4.33. The Morgan fingerprint density at radius 3 is 2.79 bits per heavy atom. The lowest BCUT2D eigenvalue weighted by Gasteiger charge is -2.09. The molecule has 126 valence electrons. The summed E-state index contributed by atoms with van der Waals surface area (Å²) in [6.07, 6.45) is 3.99. The number of rotatable bonds is 8. The van der Waals surface area contributed by atoms with Gasteiger partial charge in [-0.1, -0.05) is 59.6 Å². The highest BCUT2D eigenvalue weighted by atomic mass is 79.9. The van der Waals surface area contributed by atoms with Crippen molar-refractivity contribution in [3.8, 4) is 5.75 Å². The van der Waals surface area contributed by atoms with Gasteiger partial charge < -0.3 is 4.74 Å². The number of hydrogen-bond donors (Lipinski definition) is 1. The van der Waals surface area contributed by atoms with Crippen LogP contribution in [0.15, 0.2) is 58.1 Å². The summed E-state index contributed by atoms with van der Waals surface area (Å²) >= 11 is 3.44. The van der Waals surface area contributed by atoms with Gasteiger partial charge in [-0.15, -0.1) is 0 Å². The fourth-order valence-electron chi connectivity index (χ4n) is 2.07. The van der Waals surface area contributed by atoms with Crippen LogP contribution in [0.1, 0.15) is 30.9 Å². The molecule has 0 spiro atoms. The Hall–Kier alpha value is -2.14. The third-order valence-corrected chi connectivity index (χ3v) is 3.82. The lowest BCUT2D eigenvalue weighted by molar-refractivity contribution is -0.120. The van der Waals surface area contributed by atoms with Gasteiger partial charge in [0.1, 0.15) is 5.75 Å². The third-order valence-electron chi connectivity index (χ3n) is 3.33.